The van der Waals surface area contributed by atoms with Crippen molar-refractivity contribution in [3.63, 3.8) is 0 Å². The molecule has 0 aliphatic carbocycles. The van der Waals surface area contributed by atoms with Gasteiger partial charge >= 0.3 is 0 Å². The van der Waals surface area contributed by atoms with E-state index in [1.807, 2.05) is 37.5 Å². The number of carbonyl (C=O) groups is 1. The zero-order chi connectivity index (χ0) is 12.5. The van der Waals surface area contributed by atoms with Crippen LogP contribution in [0.4, 0.5) is 0 Å². The normalized spacial score (nSPS) is 19.7. The lowest BCUT2D eigenvalue weighted by Crippen LogP contribution is -2.23. The van der Waals surface area contributed by atoms with Gasteiger partial charge in [-0.15, -0.1) is 11.8 Å². The summed E-state index contributed by atoms with van der Waals surface area (Å²) in [6, 6.07) is 10.1. The zero-order valence-electron chi connectivity index (χ0n) is 10.2. The summed E-state index contributed by atoms with van der Waals surface area (Å²) in [6.07, 6.45) is 2.74. The Bertz CT molecular complexity index is 594. The monoisotopic (exact) mass is 258 g/mol. The van der Waals surface area contributed by atoms with Gasteiger partial charge in [-0.25, -0.2) is 0 Å². The zero-order valence-corrected chi connectivity index (χ0v) is 11.0. The first-order valence-electron chi connectivity index (χ1n) is 6.01. The Morgan fingerprint density at radius 2 is 2.17 bits per heavy atom. The molecular weight excluding hydrogens is 244 g/mol. The summed E-state index contributed by atoms with van der Waals surface area (Å²) in [5, 5.41) is 1.19. The summed E-state index contributed by atoms with van der Waals surface area (Å²) in [5.41, 5.74) is 0.987. The standard InChI is InChI=1S/C14H14N2OS/c1-16-9-7-13(14(16)17)18-12-6-8-15-11-5-3-2-4-10(11)12/h2-6,8,13H,7,9H2,1H3. The Kier molecular flexibility index (Phi) is 2.96. The van der Waals surface area contributed by atoms with Crippen molar-refractivity contribution in [1.82, 2.24) is 9.88 Å². The molecular formula is C14H14N2OS. The van der Waals surface area contributed by atoms with E-state index in [1.165, 1.54) is 0 Å². The fourth-order valence-electron chi connectivity index (χ4n) is 2.23. The van der Waals surface area contributed by atoms with Crippen LogP contribution < -0.4 is 0 Å². The molecule has 1 amide bonds. The fourth-order valence-corrected chi connectivity index (χ4v) is 3.47. The summed E-state index contributed by atoms with van der Waals surface area (Å²) in [6.45, 7) is 0.861. The topological polar surface area (TPSA) is 33.2 Å². The van der Waals surface area contributed by atoms with Crippen LogP contribution in [-0.4, -0.2) is 34.6 Å². The molecule has 1 unspecified atom stereocenters. The second kappa shape index (κ2) is 4.61. The number of benzene rings is 1. The highest BCUT2D eigenvalue weighted by Gasteiger charge is 2.30. The molecule has 92 valence electrons. The van der Waals surface area contributed by atoms with Crippen molar-refractivity contribution in [3.8, 4) is 0 Å². The third kappa shape index (κ3) is 1.97. The SMILES string of the molecule is CN1CCC(Sc2ccnc3ccccc23)C1=O. The molecule has 4 heteroatoms. The molecule has 3 rings (SSSR count). The molecule has 1 aromatic carbocycles. The molecule has 2 heterocycles. The number of amides is 1. The van der Waals surface area contributed by atoms with Gasteiger partial charge in [-0.2, -0.15) is 0 Å². The number of hydrogen-bond acceptors (Lipinski definition) is 3. The van der Waals surface area contributed by atoms with Gasteiger partial charge in [-0.3, -0.25) is 9.78 Å². The van der Waals surface area contributed by atoms with E-state index in [-0.39, 0.29) is 11.2 Å². The quantitative estimate of drug-likeness (QED) is 0.830. The molecule has 1 saturated heterocycles. The Balaban J connectivity index is 1.93. The Labute approximate surface area is 110 Å². The van der Waals surface area contributed by atoms with Gasteiger partial charge in [0.05, 0.1) is 10.8 Å². The summed E-state index contributed by atoms with van der Waals surface area (Å²) in [4.78, 5) is 19.2. The van der Waals surface area contributed by atoms with Crippen molar-refractivity contribution in [3.05, 3.63) is 36.5 Å². The third-order valence-electron chi connectivity index (χ3n) is 3.26. The van der Waals surface area contributed by atoms with Gasteiger partial charge in [0, 0.05) is 30.1 Å². The van der Waals surface area contributed by atoms with Gasteiger partial charge in [0.15, 0.2) is 0 Å². The molecule has 0 radical (unpaired) electrons. The van der Waals surface area contributed by atoms with Gasteiger partial charge in [-0.05, 0) is 18.6 Å². The first-order valence-corrected chi connectivity index (χ1v) is 6.89. The maximum atomic E-state index is 11.9. The summed E-state index contributed by atoms with van der Waals surface area (Å²) < 4.78 is 0. The van der Waals surface area contributed by atoms with E-state index in [1.54, 1.807) is 16.7 Å². The Hall–Kier alpha value is -1.55. The van der Waals surface area contributed by atoms with Crippen LogP contribution in [0, 0.1) is 0 Å². The molecule has 0 spiro atoms. The van der Waals surface area contributed by atoms with Crippen LogP contribution in [0.5, 0.6) is 0 Å². The molecule has 18 heavy (non-hydrogen) atoms. The highest BCUT2D eigenvalue weighted by atomic mass is 32.2. The highest BCUT2D eigenvalue weighted by Crippen LogP contribution is 2.34. The maximum Gasteiger partial charge on any atom is 0.235 e. The van der Waals surface area contributed by atoms with E-state index in [0.717, 1.165) is 28.8 Å². The average Bonchev–Trinajstić information content (AvgIpc) is 2.71. The minimum absolute atomic E-state index is 0.0563. The maximum absolute atomic E-state index is 11.9. The van der Waals surface area contributed by atoms with Crippen LogP contribution >= 0.6 is 11.8 Å². The Morgan fingerprint density at radius 1 is 1.33 bits per heavy atom. The molecule has 1 aliphatic heterocycles. The lowest BCUT2D eigenvalue weighted by atomic mass is 10.2. The van der Waals surface area contributed by atoms with Crippen LogP contribution in [0.25, 0.3) is 10.9 Å². The fraction of sp³-hybridized carbons (Fsp3) is 0.286. The van der Waals surface area contributed by atoms with Crippen molar-refractivity contribution in [2.45, 2.75) is 16.6 Å². The second-order valence-corrected chi connectivity index (χ2v) is 5.73. The number of aromatic nitrogens is 1. The van der Waals surface area contributed by atoms with Gasteiger partial charge in [0.1, 0.15) is 0 Å². The number of pyridine rings is 1. The number of fused-ring (bicyclic) bond motifs is 1. The number of rotatable bonds is 2. The molecule has 2 aromatic rings. The smallest absolute Gasteiger partial charge is 0.235 e. The predicted molar refractivity (Wildman–Crippen MR) is 73.6 cm³/mol. The molecule has 1 aromatic heterocycles. The van der Waals surface area contributed by atoms with Gasteiger partial charge < -0.3 is 4.90 Å². The molecule has 1 fully saturated rings. The largest absolute Gasteiger partial charge is 0.345 e. The van der Waals surface area contributed by atoms with E-state index >= 15 is 0 Å². The number of hydrogen-bond donors (Lipinski definition) is 0. The first kappa shape index (κ1) is 11.5. The van der Waals surface area contributed by atoms with E-state index in [0.29, 0.717) is 0 Å². The third-order valence-corrected chi connectivity index (χ3v) is 4.59. The molecule has 3 nitrogen and oxygen atoms in total. The van der Waals surface area contributed by atoms with Crippen molar-refractivity contribution in [2.24, 2.45) is 0 Å². The lowest BCUT2D eigenvalue weighted by molar-refractivity contribution is -0.126. The molecule has 1 aliphatic rings. The first-order chi connectivity index (χ1) is 8.75. The van der Waals surface area contributed by atoms with Crippen LogP contribution in [0.15, 0.2) is 41.4 Å². The van der Waals surface area contributed by atoms with E-state index < -0.39 is 0 Å². The van der Waals surface area contributed by atoms with E-state index in [2.05, 4.69) is 11.1 Å². The molecule has 0 N–H and O–H groups in total. The van der Waals surface area contributed by atoms with Gasteiger partial charge in [0.25, 0.3) is 0 Å². The summed E-state index contributed by atoms with van der Waals surface area (Å²) >= 11 is 1.66. The van der Waals surface area contributed by atoms with Gasteiger partial charge in [0.2, 0.25) is 5.91 Å². The van der Waals surface area contributed by atoms with E-state index in [9.17, 15) is 4.79 Å². The number of para-hydroxylation sites is 1. The molecule has 1 atom stereocenters. The number of likely N-dealkylation sites (tertiary alicyclic amines) is 1. The van der Waals surface area contributed by atoms with Gasteiger partial charge in [-0.1, -0.05) is 18.2 Å². The second-order valence-electron chi connectivity index (χ2n) is 4.48. The number of thioether (sulfide) groups is 1. The summed E-state index contributed by atoms with van der Waals surface area (Å²) in [5.74, 6) is 0.237. The van der Waals surface area contributed by atoms with Crippen molar-refractivity contribution >= 4 is 28.6 Å². The Morgan fingerprint density at radius 3 is 2.94 bits per heavy atom. The highest BCUT2D eigenvalue weighted by molar-refractivity contribution is 8.00. The minimum Gasteiger partial charge on any atom is -0.345 e. The van der Waals surface area contributed by atoms with Crippen LogP contribution in [-0.2, 0) is 4.79 Å². The predicted octanol–water partition coefficient (Wildman–Crippen LogP) is 2.56. The van der Waals surface area contributed by atoms with Crippen molar-refractivity contribution in [2.75, 3.05) is 13.6 Å². The summed E-state index contributed by atoms with van der Waals surface area (Å²) in [7, 11) is 1.87. The van der Waals surface area contributed by atoms with Crippen LogP contribution in [0.3, 0.4) is 0 Å². The molecule has 0 bridgehead atoms. The average molecular weight is 258 g/mol. The van der Waals surface area contributed by atoms with E-state index in [4.69, 9.17) is 0 Å². The van der Waals surface area contributed by atoms with Crippen LogP contribution in [0.1, 0.15) is 6.42 Å². The lowest BCUT2D eigenvalue weighted by Gasteiger charge is -2.11. The molecule has 0 saturated carbocycles. The number of nitrogens with zero attached hydrogens (tertiary/aromatic N) is 2. The van der Waals surface area contributed by atoms with Crippen LogP contribution in [0.2, 0.25) is 0 Å². The van der Waals surface area contributed by atoms with Crippen molar-refractivity contribution < 1.29 is 4.79 Å². The van der Waals surface area contributed by atoms with Crippen molar-refractivity contribution in [1.29, 1.82) is 0 Å². The minimum atomic E-state index is 0.0563. The number of carbonyl (C=O) groups excluding carboxylic acids is 1.